The number of amides is 1. The molecule has 5 N–H and O–H groups in total. The van der Waals surface area contributed by atoms with Crippen molar-refractivity contribution < 1.29 is 39.0 Å². The lowest BCUT2D eigenvalue weighted by Crippen LogP contribution is -2.74. The molecule has 0 aromatic heterocycles. The highest BCUT2D eigenvalue weighted by atomic mass is 16.3. The van der Waals surface area contributed by atoms with E-state index in [1.54, 1.807) is 63.4 Å². The van der Waals surface area contributed by atoms with Gasteiger partial charge in [-0.15, -0.1) is 0 Å². The fourth-order valence-corrected chi connectivity index (χ4v) is 7.24. The molecule has 0 heterocycles. The van der Waals surface area contributed by atoms with Gasteiger partial charge in [0.2, 0.25) is 5.91 Å². The first kappa shape index (κ1) is 31.0. The van der Waals surface area contributed by atoms with Gasteiger partial charge < -0.3 is 26.2 Å². The Morgan fingerprint density at radius 1 is 1.05 bits per heavy atom. The molecule has 0 spiro atoms. The second-order valence-corrected chi connectivity index (χ2v) is 12.4. The summed E-state index contributed by atoms with van der Waals surface area (Å²) in [5.74, 6) is -11.0. The number of phenolic OH excluding ortho intramolecular Hbond substituents is 1. The second-order valence-electron chi connectivity index (χ2n) is 12.4. The molecule has 2 unspecified atom stereocenters. The Morgan fingerprint density at radius 2 is 1.68 bits per heavy atom. The average Bonchev–Trinajstić information content (AvgIpc) is 2.94. The van der Waals surface area contributed by atoms with Gasteiger partial charge in [-0.3, -0.25) is 33.7 Å². The lowest BCUT2D eigenvalue weighted by molar-refractivity contribution is -0.181. The molecule has 3 aliphatic rings. The number of carbonyl (C=O) groups is 6. The first-order chi connectivity index (χ1) is 20.6. The molecule has 5 rings (SSSR count). The van der Waals surface area contributed by atoms with Crippen LogP contribution in [0.5, 0.6) is 5.75 Å². The Hall–Kier alpha value is -4.42. The van der Waals surface area contributed by atoms with E-state index in [-0.39, 0.29) is 42.2 Å². The average molecular weight is 605 g/mol. The molecule has 232 valence electrons. The summed E-state index contributed by atoms with van der Waals surface area (Å²) in [6.07, 6.45) is 0.146. The number of carbonyl (C=O) groups excluding carboxylic acids is 6. The van der Waals surface area contributed by atoms with Gasteiger partial charge in [-0.2, -0.15) is 0 Å². The van der Waals surface area contributed by atoms with Gasteiger partial charge in [0.1, 0.15) is 5.75 Å². The zero-order valence-electron chi connectivity index (χ0n) is 25.2. The number of nitrogens with one attached hydrogen (secondary N) is 1. The number of aromatic hydroxyl groups is 1. The van der Waals surface area contributed by atoms with Crippen molar-refractivity contribution in [1.29, 1.82) is 0 Å². The summed E-state index contributed by atoms with van der Waals surface area (Å²) in [6, 6.07) is 7.47. The largest absolute Gasteiger partial charge is 0.505 e. The van der Waals surface area contributed by atoms with Crippen molar-refractivity contribution >= 4 is 46.2 Å². The number of rotatable bonds is 7. The molecule has 0 saturated heterocycles. The maximum Gasteiger partial charge on any atom is 0.235 e. The maximum atomic E-state index is 14.2. The maximum absolute atomic E-state index is 14.2. The van der Waals surface area contributed by atoms with Crippen LogP contribution < -0.4 is 16.0 Å². The SMILES string of the molecule is CC(=O)c1ccc(CNc2cc(N(C)C)c3c(c2O)C(=O)C2C(=O)[C@]4(O)C(=O)C(C(N)=O)C(=O)[C@@H](N(C)C)[C@@H]4C[C@@H]2C3)cc1. The number of hydrogen-bond acceptors (Lipinski definition) is 11. The zero-order chi connectivity index (χ0) is 32.4. The molecule has 1 amide bonds. The Balaban J connectivity index is 1.56. The summed E-state index contributed by atoms with van der Waals surface area (Å²) in [4.78, 5) is 82.0. The van der Waals surface area contributed by atoms with Crippen LogP contribution in [0.15, 0.2) is 30.3 Å². The molecule has 2 fully saturated rings. The smallest absolute Gasteiger partial charge is 0.235 e. The normalized spacial score (nSPS) is 27.8. The number of Topliss-reactive ketones (excluding diaryl/α,β-unsaturated/α-hetero) is 5. The summed E-state index contributed by atoms with van der Waals surface area (Å²) in [7, 11) is 6.65. The number of fused-ring (bicyclic) bond motifs is 3. The summed E-state index contributed by atoms with van der Waals surface area (Å²) in [5, 5.41) is 26.3. The molecule has 2 aromatic carbocycles. The Kier molecular flexibility index (Phi) is 7.71. The van der Waals surface area contributed by atoms with Crippen molar-refractivity contribution in [1.82, 2.24) is 4.90 Å². The van der Waals surface area contributed by atoms with Crippen LogP contribution >= 0.6 is 0 Å². The molecular weight excluding hydrogens is 568 g/mol. The number of aliphatic hydroxyl groups is 1. The van der Waals surface area contributed by atoms with E-state index in [9.17, 15) is 39.0 Å². The zero-order valence-corrected chi connectivity index (χ0v) is 25.2. The van der Waals surface area contributed by atoms with E-state index in [2.05, 4.69) is 5.32 Å². The first-order valence-electron chi connectivity index (χ1n) is 14.4. The predicted octanol–water partition coefficient (Wildman–Crippen LogP) is 0.748. The minimum Gasteiger partial charge on any atom is -0.505 e. The van der Waals surface area contributed by atoms with Gasteiger partial charge in [-0.05, 0) is 57.0 Å². The standard InChI is InChI=1S/C32H36N4O8/c1-14(37)16-8-6-15(7-9-16)13-34-20-12-21(35(2)3)18-10-17-11-19-25(36(4)5)28(40)24(31(33)43)30(42)32(19,44)29(41)22(17)27(39)23(18)26(20)38/h6-9,12,17,19,22,24-25,34,38,44H,10-11,13H2,1-5H3,(H2,33,43)/t17-,19-,22?,24?,25-,32-/m0/s1. The van der Waals surface area contributed by atoms with Crippen LogP contribution in [0.1, 0.15) is 45.2 Å². The Morgan fingerprint density at radius 3 is 2.23 bits per heavy atom. The summed E-state index contributed by atoms with van der Waals surface area (Å²) in [6.45, 7) is 1.72. The number of phenols is 1. The van der Waals surface area contributed by atoms with E-state index in [0.29, 0.717) is 16.8 Å². The molecule has 6 atom stereocenters. The third-order valence-electron chi connectivity index (χ3n) is 9.36. The van der Waals surface area contributed by atoms with Crippen LogP contribution in [0.3, 0.4) is 0 Å². The molecule has 0 aliphatic heterocycles. The third-order valence-corrected chi connectivity index (χ3v) is 9.36. The van der Waals surface area contributed by atoms with E-state index in [4.69, 9.17) is 5.73 Å². The molecule has 0 radical (unpaired) electrons. The lowest BCUT2D eigenvalue weighted by Gasteiger charge is -2.52. The quantitative estimate of drug-likeness (QED) is 0.198. The van der Waals surface area contributed by atoms with Gasteiger partial charge in [-0.25, -0.2) is 0 Å². The number of nitrogens with zero attached hydrogens (tertiary/aromatic N) is 2. The highest BCUT2D eigenvalue weighted by molar-refractivity contribution is 6.32. The van der Waals surface area contributed by atoms with Crippen LogP contribution in [-0.2, 0) is 32.1 Å². The number of ketones is 5. The molecule has 44 heavy (non-hydrogen) atoms. The van der Waals surface area contributed by atoms with Crippen LogP contribution in [0.2, 0.25) is 0 Å². The van der Waals surface area contributed by atoms with Gasteiger partial charge in [0.05, 0.1) is 23.2 Å². The fraction of sp³-hybridized carbons (Fsp3) is 0.438. The van der Waals surface area contributed by atoms with Crippen molar-refractivity contribution in [3.63, 3.8) is 0 Å². The highest BCUT2D eigenvalue weighted by Crippen LogP contribution is 2.52. The van der Waals surface area contributed by atoms with E-state index in [1.165, 1.54) is 11.8 Å². The topological polar surface area (TPSA) is 187 Å². The van der Waals surface area contributed by atoms with Crippen LogP contribution in [0.4, 0.5) is 11.4 Å². The van der Waals surface area contributed by atoms with Crippen LogP contribution in [0.25, 0.3) is 0 Å². The van der Waals surface area contributed by atoms with E-state index in [1.807, 2.05) is 0 Å². The number of benzene rings is 2. The molecule has 2 saturated carbocycles. The molecule has 12 heteroatoms. The Labute approximate surface area is 254 Å². The monoisotopic (exact) mass is 604 g/mol. The second kappa shape index (κ2) is 10.9. The van der Waals surface area contributed by atoms with Gasteiger partial charge in [0.25, 0.3) is 0 Å². The van der Waals surface area contributed by atoms with E-state index < -0.39 is 64.4 Å². The minimum absolute atomic E-state index is 0.0201. The van der Waals surface area contributed by atoms with Gasteiger partial charge in [0, 0.05) is 37.8 Å². The first-order valence-corrected chi connectivity index (χ1v) is 14.4. The lowest BCUT2D eigenvalue weighted by atomic mass is 9.52. The minimum atomic E-state index is -2.78. The predicted molar refractivity (Wildman–Crippen MR) is 159 cm³/mol. The molecule has 2 aromatic rings. The van der Waals surface area contributed by atoms with Gasteiger partial charge in [-0.1, -0.05) is 24.3 Å². The third kappa shape index (κ3) is 4.60. The number of anilines is 2. The van der Waals surface area contributed by atoms with E-state index >= 15 is 0 Å². The van der Waals surface area contributed by atoms with Crippen molar-refractivity contribution in [3.05, 3.63) is 52.6 Å². The number of primary amides is 1. The van der Waals surface area contributed by atoms with Gasteiger partial charge >= 0.3 is 0 Å². The molecule has 3 aliphatic carbocycles. The molecular formula is C32H36N4O8. The van der Waals surface area contributed by atoms with E-state index in [0.717, 1.165) is 5.56 Å². The van der Waals surface area contributed by atoms with Crippen molar-refractivity contribution in [2.75, 3.05) is 38.4 Å². The van der Waals surface area contributed by atoms with Crippen molar-refractivity contribution in [2.45, 2.75) is 38.0 Å². The summed E-state index contributed by atoms with van der Waals surface area (Å²) in [5.41, 5.74) is 5.26. The highest BCUT2D eigenvalue weighted by Gasteiger charge is 2.69. The summed E-state index contributed by atoms with van der Waals surface area (Å²) < 4.78 is 0. The van der Waals surface area contributed by atoms with Crippen molar-refractivity contribution in [2.24, 2.45) is 29.4 Å². The number of nitrogens with two attached hydrogens (primary N) is 1. The van der Waals surface area contributed by atoms with Gasteiger partial charge in [0.15, 0.2) is 40.4 Å². The number of hydrogen-bond donors (Lipinski definition) is 4. The van der Waals surface area contributed by atoms with Crippen LogP contribution in [0, 0.1) is 23.7 Å². The van der Waals surface area contributed by atoms with Crippen molar-refractivity contribution in [3.8, 4) is 5.75 Å². The van der Waals surface area contributed by atoms with Crippen LogP contribution in [-0.4, -0.2) is 89.8 Å². The molecule has 12 nitrogen and oxygen atoms in total. The Bertz CT molecular complexity index is 1610. The fourth-order valence-electron chi connectivity index (χ4n) is 7.24. The number of likely N-dealkylation sites (N-methyl/N-ethyl adjacent to an activating group) is 1. The molecule has 0 bridgehead atoms. The summed E-state index contributed by atoms with van der Waals surface area (Å²) >= 11 is 0.